The molecule has 22 heavy (non-hydrogen) atoms. The van der Waals surface area contributed by atoms with Gasteiger partial charge in [0.05, 0.1) is 18.3 Å². The van der Waals surface area contributed by atoms with E-state index < -0.39 is 12.1 Å². The van der Waals surface area contributed by atoms with Crippen molar-refractivity contribution in [2.75, 3.05) is 6.61 Å². The predicted molar refractivity (Wildman–Crippen MR) is 82.1 cm³/mol. The Labute approximate surface area is 129 Å². The van der Waals surface area contributed by atoms with Crippen molar-refractivity contribution >= 4 is 5.97 Å². The number of rotatable bonds is 4. The highest BCUT2D eigenvalue weighted by atomic mass is 16.5. The minimum atomic E-state index is -0.953. The zero-order valence-corrected chi connectivity index (χ0v) is 12.1. The minimum Gasteiger partial charge on any atom is -0.493 e. The number of carbonyl (C=O) groups is 1. The van der Waals surface area contributed by atoms with Crippen molar-refractivity contribution in [3.8, 4) is 5.75 Å². The number of carboxylic acid groups (broad SMARTS) is 1. The molecule has 4 heteroatoms. The number of benzene rings is 2. The largest absolute Gasteiger partial charge is 0.493 e. The molecule has 1 aliphatic carbocycles. The third-order valence-electron chi connectivity index (χ3n) is 4.17. The fourth-order valence-electron chi connectivity index (χ4n) is 2.87. The SMILES string of the molecule is O=C(O)c1ccc(OCC2CCc3ccccc3C2O)cc1. The molecule has 3 rings (SSSR count). The van der Waals surface area contributed by atoms with Crippen molar-refractivity contribution in [2.45, 2.75) is 18.9 Å². The summed E-state index contributed by atoms with van der Waals surface area (Å²) >= 11 is 0. The molecule has 2 aromatic carbocycles. The predicted octanol–water partition coefficient (Wildman–Crippen LogP) is 3.06. The summed E-state index contributed by atoms with van der Waals surface area (Å²) in [7, 11) is 0. The molecule has 0 fully saturated rings. The smallest absolute Gasteiger partial charge is 0.335 e. The summed E-state index contributed by atoms with van der Waals surface area (Å²) in [5.41, 5.74) is 2.43. The van der Waals surface area contributed by atoms with E-state index in [2.05, 4.69) is 6.07 Å². The first-order valence-electron chi connectivity index (χ1n) is 7.37. The topological polar surface area (TPSA) is 66.8 Å². The molecule has 0 heterocycles. The van der Waals surface area contributed by atoms with Gasteiger partial charge in [-0.2, -0.15) is 0 Å². The standard InChI is InChI=1S/C18H18O4/c19-17-14(6-5-12-3-1-2-4-16(12)17)11-22-15-9-7-13(8-10-15)18(20)21/h1-4,7-10,14,17,19H,5-6,11H2,(H,20,21). The molecule has 0 saturated carbocycles. The van der Waals surface area contributed by atoms with Crippen LogP contribution >= 0.6 is 0 Å². The van der Waals surface area contributed by atoms with Crippen LogP contribution in [0, 0.1) is 5.92 Å². The van der Waals surface area contributed by atoms with E-state index in [1.807, 2.05) is 18.2 Å². The molecule has 0 radical (unpaired) electrons. The van der Waals surface area contributed by atoms with E-state index in [0.717, 1.165) is 18.4 Å². The van der Waals surface area contributed by atoms with Crippen molar-refractivity contribution in [1.29, 1.82) is 0 Å². The van der Waals surface area contributed by atoms with Crippen LogP contribution in [0.25, 0.3) is 0 Å². The Balaban J connectivity index is 1.64. The third kappa shape index (κ3) is 2.97. The van der Waals surface area contributed by atoms with Gasteiger partial charge in [0.15, 0.2) is 0 Å². The maximum absolute atomic E-state index is 10.8. The van der Waals surface area contributed by atoms with Gasteiger partial charge in [-0.25, -0.2) is 4.79 Å². The molecule has 2 unspecified atom stereocenters. The molecule has 0 spiro atoms. The maximum atomic E-state index is 10.8. The molecule has 1 aliphatic rings. The normalized spacial score (nSPS) is 20.2. The van der Waals surface area contributed by atoms with Crippen LogP contribution in [0.5, 0.6) is 5.75 Å². The van der Waals surface area contributed by atoms with E-state index in [1.165, 1.54) is 17.7 Å². The lowest BCUT2D eigenvalue weighted by Crippen LogP contribution is -2.25. The van der Waals surface area contributed by atoms with Gasteiger partial charge in [-0.3, -0.25) is 0 Å². The van der Waals surface area contributed by atoms with Crippen LogP contribution in [0.4, 0.5) is 0 Å². The molecule has 2 N–H and O–H groups in total. The molecule has 0 saturated heterocycles. The van der Waals surface area contributed by atoms with Crippen molar-refractivity contribution in [3.05, 3.63) is 65.2 Å². The number of ether oxygens (including phenoxy) is 1. The van der Waals surface area contributed by atoms with E-state index in [0.29, 0.717) is 12.4 Å². The van der Waals surface area contributed by atoms with Crippen LogP contribution in [0.1, 0.15) is 34.0 Å². The number of carboxylic acids is 1. The summed E-state index contributed by atoms with van der Waals surface area (Å²) in [5.74, 6) is -0.282. The average Bonchev–Trinajstić information content (AvgIpc) is 2.55. The van der Waals surface area contributed by atoms with E-state index in [9.17, 15) is 9.90 Å². The summed E-state index contributed by atoms with van der Waals surface area (Å²) in [6.45, 7) is 0.419. The Kier molecular flexibility index (Phi) is 4.11. The third-order valence-corrected chi connectivity index (χ3v) is 4.17. The van der Waals surface area contributed by atoms with Crippen LogP contribution in [0.3, 0.4) is 0 Å². The molecular formula is C18H18O4. The second kappa shape index (κ2) is 6.20. The summed E-state index contributed by atoms with van der Waals surface area (Å²) in [5, 5.41) is 19.3. The van der Waals surface area contributed by atoms with Crippen LogP contribution < -0.4 is 4.74 Å². The molecule has 0 bridgehead atoms. The fourth-order valence-corrected chi connectivity index (χ4v) is 2.87. The Bertz CT molecular complexity index is 663. The molecule has 2 atom stereocenters. The highest BCUT2D eigenvalue weighted by molar-refractivity contribution is 5.87. The summed E-state index contributed by atoms with van der Waals surface area (Å²) in [6.07, 6.45) is 1.31. The van der Waals surface area contributed by atoms with Gasteiger partial charge in [0, 0.05) is 5.92 Å². The number of aryl methyl sites for hydroxylation is 1. The zero-order valence-electron chi connectivity index (χ0n) is 12.1. The molecule has 0 aliphatic heterocycles. The molecule has 0 amide bonds. The van der Waals surface area contributed by atoms with Crippen LogP contribution in [0.2, 0.25) is 0 Å². The van der Waals surface area contributed by atoms with E-state index >= 15 is 0 Å². The van der Waals surface area contributed by atoms with Gasteiger partial charge in [-0.1, -0.05) is 24.3 Å². The van der Waals surface area contributed by atoms with Gasteiger partial charge in [0.2, 0.25) is 0 Å². The number of hydrogen-bond acceptors (Lipinski definition) is 3. The number of aromatic carboxylic acids is 1. The quantitative estimate of drug-likeness (QED) is 0.910. The monoisotopic (exact) mass is 298 g/mol. The summed E-state index contributed by atoms with van der Waals surface area (Å²) in [4.78, 5) is 10.8. The van der Waals surface area contributed by atoms with Crippen LogP contribution in [-0.4, -0.2) is 22.8 Å². The number of fused-ring (bicyclic) bond motifs is 1. The molecule has 114 valence electrons. The molecule has 2 aromatic rings. The van der Waals surface area contributed by atoms with E-state index in [1.54, 1.807) is 12.1 Å². The molecule has 4 nitrogen and oxygen atoms in total. The minimum absolute atomic E-state index is 0.0500. The van der Waals surface area contributed by atoms with Crippen molar-refractivity contribution in [2.24, 2.45) is 5.92 Å². The van der Waals surface area contributed by atoms with E-state index in [-0.39, 0.29) is 11.5 Å². The first-order valence-corrected chi connectivity index (χ1v) is 7.37. The van der Waals surface area contributed by atoms with Crippen molar-refractivity contribution in [3.63, 3.8) is 0 Å². The fraction of sp³-hybridized carbons (Fsp3) is 0.278. The number of aliphatic hydroxyl groups excluding tert-OH is 1. The van der Waals surface area contributed by atoms with Gasteiger partial charge in [0.25, 0.3) is 0 Å². The Morgan fingerprint density at radius 1 is 1.14 bits per heavy atom. The van der Waals surface area contributed by atoms with Gasteiger partial charge >= 0.3 is 5.97 Å². The lowest BCUT2D eigenvalue weighted by molar-refractivity contribution is 0.0614. The highest BCUT2D eigenvalue weighted by Crippen LogP contribution is 2.34. The Morgan fingerprint density at radius 2 is 1.86 bits per heavy atom. The lowest BCUT2D eigenvalue weighted by atomic mass is 9.82. The Morgan fingerprint density at radius 3 is 2.59 bits per heavy atom. The van der Waals surface area contributed by atoms with E-state index in [4.69, 9.17) is 9.84 Å². The van der Waals surface area contributed by atoms with Crippen molar-refractivity contribution < 1.29 is 19.7 Å². The maximum Gasteiger partial charge on any atom is 0.335 e. The average molecular weight is 298 g/mol. The summed E-state index contributed by atoms with van der Waals surface area (Å²) < 4.78 is 5.71. The summed E-state index contributed by atoms with van der Waals surface area (Å²) in [6, 6.07) is 14.3. The number of aliphatic hydroxyl groups is 1. The first kappa shape index (κ1) is 14.6. The van der Waals surface area contributed by atoms with Gasteiger partial charge in [-0.05, 0) is 48.2 Å². The van der Waals surface area contributed by atoms with Crippen LogP contribution in [0.15, 0.2) is 48.5 Å². The zero-order chi connectivity index (χ0) is 15.5. The first-order chi connectivity index (χ1) is 10.6. The number of hydrogen-bond donors (Lipinski definition) is 2. The van der Waals surface area contributed by atoms with Gasteiger partial charge in [-0.15, -0.1) is 0 Å². The van der Waals surface area contributed by atoms with Crippen molar-refractivity contribution in [1.82, 2.24) is 0 Å². The Hall–Kier alpha value is -2.33. The second-order valence-corrected chi connectivity index (χ2v) is 5.58. The van der Waals surface area contributed by atoms with Gasteiger partial charge in [0.1, 0.15) is 5.75 Å². The molecular weight excluding hydrogens is 280 g/mol. The second-order valence-electron chi connectivity index (χ2n) is 5.58. The molecule has 0 aromatic heterocycles. The van der Waals surface area contributed by atoms with Crippen LogP contribution in [-0.2, 0) is 6.42 Å². The lowest BCUT2D eigenvalue weighted by Gasteiger charge is -2.29. The van der Waals surface area contributed by atoms with Gasteiger partial charge < -0.3 is 14.9 Å². The highest BCUT2D eigenvalue weighted by Gasteiger charge is 2.28.